The topological polar surface area (TPSA) is 95.1 Å². The van der Waals surface area contributed by atoms with Gasteiger partial charge in [0, 0.05) is 26.5 Å². The molecule has 132 valence electrons. The molecule has 0 bridgehead atoms. The molecule has 2 heterocycles. The minimum atomic E-state index is -0.0775. The molecule has 3 rings (SSSR count). The lowest BCUT2D eigenvalue weighted by molar-refractivity contribution is -0.121. The predicted octanol–water partition coefficient (Wildman–Crippen LogP) is 1.83. The van der Waals surface area contributed by atoms with Gasteiger partial charge in [0.05, 0.1) is 17.6 Å². The number of benzene rings is 1. The SMILES string of the molecule is CCc1nc2ccccc2n1CCC(=O)NCc1nc(COC)no1. The summed E-state index contributed by atoms with van der Waals surface area (Å²) in [5.74, 6) is 1.73. The van der Waals surface area contributed by atoms with Crippen LogP contribution in [0.15, 0.2) is 28.8 Å². The van der Waals surface area contributed by atoms with Crippen molar-refractivity contribution in [1.82, 2.24) is 25.0 Å². The number of carbonyl (C=O) groups excluding carboxylic acids is 1. The highest BCUT2D eigenvalue weighted by molar-refractivity contribution is 5.78. The molecule has 0 atom stereocenters. The summed E-state index contributed by atoms with van der Waals surface area (Å²) in [6, 6.07) is 7.95. The van der Waals surface area contributed by atoms with E-state index in [1.54, 1.807) is 7.11 Å². The van der Waals surface area contributed by atoms with Crippen LogP contribution in [0.3, 0.4) is 0 Å². The maximum atomic E-state index is 12.1. The first-order valence-electron chi connectivity index (χ1n) is 8.22. The summed E-state index contributed by atoms with van der Waals surface area (Å²) in [7, 11) is 1.56. The van der Waals surface area contributed by atoms with E-state index in [0.29, 0.717) is 24.7 Å². The third-order valence-electron chi connectivity index (χ3n) is 3.83. The van der Waals surface area contributed by atoms with Gasteiger partial charge in [-0.3, -0.25) is 4.79 Å². The Bertz CT molecular complexity index is 855. The lowest BCUT2D eigenvalue weighted by Gasteiger charge is -2.08. The van der Waals surface area contributed by atoms with Crippen LogP contribution in [-0.2, 0) is 35.6 Å². The summed E-state index contributed by atoms with van der Waals surface area (Å²) in [6.45, 7) is 3.13. The number of nitrogens with zero attached hydrogens (tertiary/aromatic N) is 4. The number of nitrogens with one attached hydrogen (secondary N) is 1. The zero-order chi connectivity index (χ0) is 17.6. The number of fused-ring (bicyclic) bond motifs is 1. The molecule has 0 aliphatic rings. The molecule has 0 aliphatic carbocycles. The third kappa shape index (κ3) is 4.03. The van der Waals surface area contributed by atoms with Crippen molar-refractivity contribution in [1.29, 1.82) is 0 Å². The van der Waals surface area contributed by atoms with Crippen molar-refractivity contribution >= 4 is 16.9 Å². The van der Waals surface area contributed by atoms with E-state index in [0.717, 1.165) is 23.3 Å². The first-order chi connectivity index (χ1) is 12.2. The molecule has 0 unspecified atom stereocenters. The number of hydrogen-bond donors (Lipinski definition) is 1. The number of rotatable bonds is 8. The molecule has 2 aromatic heterocycles. The van der Waals surface area contributed by atoms with E-state index in [1.165, 1.54) is 0 Å². The van der Waals surface area contributed by atoms with Crippen LogP contribution < -0.4 is 5.32 Å². The molecule has 0 spiro atoms. The Morgan fingerprint density at radius 2 is 2.16 bits per heavy atom. The highest BCUT2D eigenvalue weighted by Gasteiger charge is 2.12. The van der Waals surface area contributed by atoms with Crippen LogP contribution in [0.2, 0.25) is 0 Å². The fourth-order valence-electron chi connectivity index (χ4n) is 2.67. The molecule has 0 saturated heterocycles. The molecule has 0 radical (unpaired) electrons. The minimum absolute atomic E-state index is 0.0775. The highest BCUT2D eigenvalue weighted by atomic mass is 16.5. The van der Waals surface area contributed by atoms with Gasteiger partial charge in [0.2, 0.25) is 11.8 Å². The average Bonchev–Trinajstić information content (AvgIpc) is 3.22. The molecule has 3 aromatic rings. The van der Waals surface area contributed by atoms with Crippen molar-refractivity contribution in [3.63, 3.8) is 0 Å². The molecule has 25 heavy (non-hydrogen) atoms. The highest BCUT2D eigenvalue weighted by Crippen LogP contribution is 2.16. The van der Waals surface area contributed by atoms with E-state index in [4.69, 9.17) is 9.26 Å². The maximum absolute atomic E-state index is 12.1. The molecule has 0 fully saturated rings. The minimum Gasteiger partial charge on any atom is -0.377 e. The van der Waals surface area contributed by atoms with Crippen LogP contribution in [-0.4, -0.2) is 32.7 Å². The summed E-state index contributed by atoms with van der Waals surface area (Å²) in [6.07, 6.45) is 1.17. The van der Waals surface area contributed by atoms with Gasteiger partial charge in [-0.2, -0.15) is 4.98 Å². The lowest BCUT2D eigenvalue weighted by atomic mass is 10.3. The molecular formula is C17H21N5O3. The Morgan fingerprint density at radius 1 is 1.32 bits per heavy atom. The smallest absolute Gasteiger partial charge is 0.246 e. The number of para-hydroxylation sites is 2. The van der Waals surface area contributed by atoms with Gasteiger partial charge >= 0.3 is 0 Å². The predicted molar refractivity (Wildman–Crippen MR) is 90.6 cm³/mol. The van der Waals surface area contributed by atoms with Gasteiger partial charge in [-0.05, 0) is 12.1 Å². The quantitative estimate of drug-likeness (QED) is 0.670. The monoisotopic (exact) mass is 343 g/mol. The van der Waals surface area contributed by atoms with Gasteiger partial charge in [-0.1, -0.05) is 24.2 Å². The fourth-order valence-corrected chi connectivity index (χ4v) is 2.67. The standard InChI is InChI=1S/C17H21N5O3/c1-3-15-19-12-6-4-5-7-13(12)22(15)9-8-16(23)18-10-17-20-14(11-24-2)21-25-17/h4-7H,3,8-11H2,1-2H3,(H,18,23). The molecule has 8 nitrogen and oxygen atoms in total. The summed E-state index contributed by atoms with van der Waals surface area (Å²) >= 11 is 0. The molecule has 1 amide bonds. The zero-order valence-electron chi connectivity index (χ0n) is 14.4. The Morgan fingerprint density at radius 3 is 2.96 bits per heavy atom. The van der Waals surface area contributed by atoms with Gasteiger partial charge < -0.3 is 19.1 Å². The molecular weight excluding hydrogens is 322 g/mol. The van der Waals surface area contributed by atoms with Gasteiger partial charge in [0.15, 0.2) is 5.82 Å². The fraction of sp³-hybridized carbons (Fsp3) is 0.412. The van der Waals surface area contributed by atoms with Crippen LogP contribution in [0.4, 0.5) is 0 Å². The van der Waals surface area contributed by atoms with E-state index in [-0.39, 0.29) is 19.1 Å². The molecule has 1 N–H and O–H groups in total. The number of aryl methyl sites for hydroxylation is 2. The first-order valence-corrected chi connectivity index (χ1v) is 8.22. The van der Waals surface area contributed by atoms with Crippen molar-refractivity contribution in [2.24, 2.45) is 0 Å². The summed E-state index contributed by atoms with van der Waals surface area (Å²) in [4.78, 5) is 20.8. The Hall–Kier alpha value is -2.74. The number of methoxy groups -OCH3 is 1. The Labute approximate surface area is 145 Å². The second-order valence-corrected chi connectivity index (χ2v) is 5.59. The van der Waals surface area contributed by atoms with E-state index in [2.05, 4.69) is 31.9 Å². The normalized spacial score (nSPS) is 11.1. The summed E-state index contributed by atoms with van der Waals surface area (Å²) < 4.78 is 12.1. The number of ether oxygens (including phenoxy) is 1. The average molecular weight is 343 g/mol. The molecule has 8 heteroatoms. The number of imidazole rings is 1. The van der Waals surface area contributed by atoms with Crippen LogP contribution in [0.1, 0.15) is 30.9 Å². The van der Waals surface area contributed by atoms with Crippen LogP contribution in [0.25, 0.3) is 11.0 Å². The third-order valence-corrected chi connectivity index (χ3v) is 3.83. The maximum Gasteiger partial charge on any atom is 0.246 e. The second kappa shape index (κ2) is 7.89. The zero-order valence-corrected chi connectivity index (χ0v) is 14.4. The van der Waals surface area contributed by atoms with Gasteiger partial charge in [0.1, 0.15) is 12.4 Å². The van der Waals surface area contributed by atoms with E-state index >= 15 is 0 Å². The van der Waals surface area contributed by atoms with E-state index in [9.17, 15) is 4.79 Å². The van der Waals surface area contributed by atoms with Crippen LogP contribution >= 0.6 is 0 Å². The summed E-state index contributed by atoms with van der Waals surface area (Å²) in [5, 5.41) is 6.55. The largest absolute Gasteiger partial charge is 0.377 e. The number of amides is 1. The lowest BCUT2D eigenvalue weighted by Crippen LogP contribution is -2.24. The van der Waals surface area contributed by atoms with E-state index < -0.39 is 0 Å². The molecule has 0 aliphatic heterocycles. The molecule has 0 saturated carbocycles. The Balaban J connectivity index is 1.57. The number of carbonyl (C=O) groups is 1. The second-order valence-electron chi connectivity index (χ2n) is 5.59. The van der Waals surface area contributed by atoms with Crippen LogP contribution in [0, 0.1) is 0 Å². The van der Waals surface area contributed by atoms with Gasteiger partial charge in [-0.25, -0.2) is 4.98 Å². The summed E-state index contributed by atoms with van der Waals surface area (Å²) in [5.41, 5.74) is 2.00. The van der Waals surface area contributed by atoms with E-state index in [1.807, 2.05) is 24.3 Å². The van der Waals surface area contributed by atoms with Crippen molar-refractivity contribution in [3.8, 4) is 0 Å². The first kappa shape index (κ1) is 17.1. The van der Waals surface area contributed by atoms with Crippen LogP contribution in [0.5, 0.6) is 0 Å². The van der Waals surface area contributed by atoms with Crippen molar-refractivity contribution in [2.75, 3.05) is 7.11 Å². The van der Waals surface area contributed by atoms with Gasteiger partial charge in [-0.15, -0.1) is 0 Å². The Kier molecular flexibility index (Phi) is 5.39. The number of aromatic nitrogens is 4. The van der Waals surface area contributed by atoms with Crippen molar-refractivity contribution < 1.29 is 14.1 Å². The van der Waals surface area contributed by atoms with Crippen molar-refractivity contribution in [2.45, 2.75) is 39.5 Å². The molecule has 1 aromatic carbocycles. The van der Waals surface area contributed by atoms with Gasteiger partial charge in [0.25, 0.3) is 0 Å². The van der Waals surface area contributed by atoms with Crippen molar-refractivity contribution in [3.05, 3.63) is 41.8 Å². The number of hydrogen-bond acceptors (Lipinski definition) is 6.